The van der Waals surface area contributed by atoms with E-state index in [4.69, 9.17) is 0 Å². The second-order valence-corrected chi connectivity index (χ2v) is 5.95. The molecule has 0 spiro atoms. The minimum atomic E-state index is -0.629. The van der Waals surface area contributed by atoms with Gasteiger partial charge >= 0.3 is 11.7 Å². The average Bonchev–Trinajstić information content (AvgIpc) is 2.83. The molecule has 0 saturated heterocycles. The van der Waals surface area contributed by atoms with Crippen molar-refractivity contribution in [2.75, 3.05) is 13.2 Å². The third-order valence-electron chi connectivity index (χ3n) is 3.87. The first-order valence-electron chi connectivity index (χ1n) is 7.83. The Hall–Kier alpha value is -2.28. The fraction of sp³-hybridized carbons (Fsp3) is 0.500. The number of nitrogens with one attached hydrogen (secondary N) is 3. The molecule has 0 radical (unpaired) electrons. The van der Waals surface area contributed by atoms with Crippen molar-refractivity contribution in [3.05, 3.63) is 34.7 Å². The second kappa shape index (κ2) is 7.32. The smallest absolute Gasteiger partial charge is 0.326 e. The van der Waals surface area contributed by atoms with Gasteiger partial charge in [0.05, 0.1) is 23.2 Å². The number of aliphatic hydroxyl groups excluding tert-OH is 1. The first-order chi connectivity index (χ1) is 11.0. The van der Waals surface area contributed by atoms with Crippen LogP contribution in [0.25, 0.3) is 11.0 Å². The highest BCUT2D eigenvalue weighted by atomic mass is 16.3. The number of nitrogens with zero attached hydrogens (tertiary/aromatic N) is 1. The number of amides is 2. The summed E-state index contributed by atoms with van der Waals surface area (Å²) in [4.78, 5) is 26.6. The van der Waals surface area contributed by atoms with E-state index >= 15 is 0 Å². The number of urea groups is 1. The number of fused-ring (bicyclic) bond motifs is 1. The Kier molecular flexibility index (Phi) is 5.44. The molecular formula is C16H24N4O3. The zero-order valence-electron chi connectivity index (χ0n) is 13.6. The van der Waals surface area contributed by atoms with Crippen molar-refractivity contribution < 1.29 is 9.90 Å². The molecule has 2 amide bonds. The maximum absolute atomic E-state index is 11.9. The van der Waals surface area contributed by atoms with Gasteiger partial charge in [0.2, 0.25) is 0 Å². The number of hydrogen-bond donors (Lipinski definition) is 4. The lowest BCUT2D eigenvalue weighted by Crippen LogP contribution is -2.52. The number of rotatable bonds is 7. The Bertz CT molecular complexity index is 721. The molecule has 0 saturated carbocycles. The highest BCUT2D eigenvalue weighted by molar-refractivity contribution is 5.75. The van der Waals surface area contributed by atoms with Crippen LogP contribution in [0.1, 0.15) is 26.7 Å². The summed E-state index contributed by atoms with van der Waals surface area (Å²) in [6, 6.07) is 7.08. The molecule has 1 aromatic heterocycles. The summed E-state index contributed by atoms with van der Waals surface area (Å²) in [7, 11) is 0. The van der Waals surface area contributed by atoms with E-state index in [0.717, 1.165) is 17.5 Å². The number of hydrogen-bond acceptors (Lipinski definition) is 3. The molecule has 0 fully saturated rings. The number of aromatic nitrogens is 2. The van der Waals surface area contributed by atoms with E-state index in [9.17, 15) is 14.7 Å². The van der Waals surface area contributed by atoms with Gasteiger partial charge in [-0.25, -0.2) is 9.59 Å². The van der Waals surface area contributed by atoms with Gasteiger partial charge in [0.1, 0.15) is 0 Å². The maximum Gasteiger partial charge on any atom is 0.326 e. The van der Waals surface area contributed by atoms with Gasteiger partial charge in [-0.3, -0.25) is 4.57 Å². The summed E-state index contributed by atoms with van der Waals surface area (Å²) in [5.74, 6) is 0. The number of aromatic amines is 1. The normalized spacial score (nSPS) is 13.7. The van der Waals surface area contributed by atoms with Crippen LogP contribution >= 0.6 is 0 Å². The lowest BCUT2D eigenvalue weighted by atomic mass is 9.98. The minimum absolute atomic E-state index is 0.115. The van der Waals surface area contributed by atoms with E-state index in [-0.39, 0.29) is 18.3 Å². The van der Waals surface area contributed by atoms with Crippen molar-refractivity contribution in [3.8, 4) is 0 Å². The largest absolute Gasteiger partial charge is 0.394 e. The lowest BCUT2D eigenvalue weighted by molar-refractivity contribution is 0.163. The zero-order valence-corrected chi connectivity index (χ0v) is 13.6. The monoisotopic (exact) mass is 320 g/mol. The van der Waals surface area contributed by atoms with Gasteiger partial charge in [0, 0.05) is 13.1 Å². The summed E-state index contributed by atoms with van der Waals surface area (Å²) in [5, 5.41) is 14.9. The molecule has 7 nitrogen and oxygen atoms in total. The molecule has 0 aliphatic rings. The fourth-order valence-corrected chi connectivity index (χ4v) is 2.66. The zero-order chi connectivity index (χ0) is 16.9. The predicted molar refractivity (Wildman–Crippen MR) is 89.5 cm³/mol. The van der Waals surface area contributed by atoms with Crippen molar-refractivity contribution in [1.29, 1.82) is 0 Å². The van der Waals surface area contributed by atoms with Crippen LogP contribution in [0.2, 0.25) is 0 Å². The Morgan fingerprint density at radius 1 is 1.39 bits per heavy atom. The summed E-state index contributed by atoms with van der Waals surface area (Å²) in [6.45, 7) is 4.38. The number of imidazole rings is 1. The molecule has 2 rings (SSSR count). The molecule has 1 atom stereocenters. The maximum atomic E-state index is 11.9. The Morgan fingerprint density at radius 3 is 2.83 bits per heavy atom. The van der Waals surface area contributed by atoms with E-state index in [1.54, 1.807) is 11.5 Å². The third kappa shape index (κ3) is 4.13. The average molecular weight is 320 g/mol. The number of aliphatic hydroxyl groups is 1. The number of H-pyrrole nitrogens is 1. The van der Waals surface area contributed by atoms with Crippen molar-refractivity contribution in [3.63, 3.8) is 0 Å². The van der Waals surface area contributed by atoms with Crippen LogP contribution in [0.15, 0.2) is 29.1 Å². The van der Waals surface area contributed by atoms with E-state index in [0.29, 0.717) is 19.5 Å². The van der Waals surface area contributed by atoms with Crippen molar-refractivity contribution in [1.82, 2.24) is 20.2 Å². The third-order valence-corrected chi connectivity index (χ3v) is 3.87. The lowest BCUT2D eigenvalue weighted by Gasteiger charge is -2.28. The minimum Gasteiger partial charge on any atom is -0.394 e. The van der Waals surface area contributed by atoms with Crippen LogP contribution in [0, 0.1) is 0 Å². The highest BCUT2D eigenvalue weighted by Crippen LogP contribution is 2.11. The van der Waals surface area contributed by atoms with Gasteiger partial charge in [0.15, 0.2) is 0 Å². The Morgan fingerprint density at radius 2 is 2.13 bits per heavy atom. The van der Waals surface area contributed by atoms with Gasteiger partial charge in [-0.2, -0.15) is 0 Å². The number of carbonyl (C=O) groups excluding carboxylic acids is 1. The van der Waals surface area contributed by atoms with Crippen LogP contribution in [-0.4, -0.2) is 39.4 Å². The van der Waals surface area contributed by atoms with Crippen LogP contribution in [-0.2, 0) is 6.54 Å². The first kappa shape index (κ1) is 17.1. The van der Waals surface area contributed by atoms with Gasteiger partial charge in [0.25, 0.3) is 0 Å². The molecule has 1 unspecified atom stereocenters. The molecule has 23 heavy (non-hydrogen) atoms. The summed E-state index contributed by atoms with van der Waals surface area (Å²) in [6.07, 6.45) is 1.56. The van der Waals surface area contributed by atoms with Crippen LogP contribution < -0.4 is 16.3 Å². The molecular weight excluding hydrogens is 296 g/mol. The van der Waals surface area contributed by atoms with E-state index in [1.807, 2.05) is 31.2 Å². The van der Waals surface area contributed by atoms with Crippen molar-refractivity contribution in [2.45, 2.75) is 38.8 Å². The molecule has 1 heterocycles. The second-order valence-electron chi connectivity index (χ2n) is 5.95. The van der Waals surface area contributed by atoms with E-state index in [2.05, 4.69) is 15.6 Å². The molecule has 4 N–H and O–H groups in total. The molecule has 1 aromatic carbocycles. The first-order valence-corrected chi connectivity index (χ1v) is 7.83. The van der Waals surface area contributed by atoms with Gasteiger partial charge in [-0.1, -0.05) is 25.5 Å². The van der Waals surface area contributed by atoms with Crippen LogP contribution in [0.4, 0.5) is 4.79 Å². The summed E-state index contributed by atoms with van der Waals surface area (Å²) >= 11 is 0. The highest BCUT2D eigenvalue weighted by Gasteiger charge is 2.24. The predicted octanol–water partition coefficient (Wildman–Crippen LogP) is 1.18. The van der Waals surface area contributed by atoms with Crippen LogP contribution in [0.3, 0.4) is 0 Å². The SMILES string of the molecule is CCCC(C)(CO)NC(=O)NCCn1c(=O)[nH]c2ccccc21. The number of para-hydroxylation sites is 2. The molecule has 0 bridgehead atoms. The molecule has 0 aliphatic carbocycles. The topological polar surface area (TPSA) is 99.1 Å². The summed E-state index contributed by atoms with van der Waals surface area (Å²) in [5.41, 5.74) is 0.763. The van der Waals surface area contributed by atoms with Gasteiger partial charge in [-0.05, 0) is 25.5 Å². The Balaban J connectivity index is 1.93. The van der Waals surface area contributed by atoms with Gasteiger partial charge < -0.3 is 20.7 Å². The Labute approximate surface area is 134 Å². The molecule has 0 aliphatic heterocycles. The van der Waals surface area contributed by atoms with Crippen molar-refractivity contribution in [2.24, 2.45) is 0 Å². The molecule has 7 heteroatoms. The van der Waals surface area contributed by atoms with Gasteiger partial charge in [-0.15, -0.1) is 0 Å². The van der Waals surface area contributed by atoms with E-state index < -0.39 is 5.54 Å². The number of carbonyl (C=O) groups is 1. The van der Waals surface area contributed by atoms with Crippen LogP contribution in [0.5, 0.6) is 0 Å². The number of benzene rings is 1. The molecule has 2 aromatic rings. The summed E-state index contributed by atoms with van der Waals surface area (Å²) < 4.78 is 1.59. The van der Waals surface area contributed by atoms with E-state index in [1.165, 1.54) is 0 Å². The standard InChI is InChI=1S/C16H24N4O3/c1-3-8-16(2,11-21)19-14(22)17-9-10-20-13-7-5-4-6-12(13)18-15(20)23/h4-7,21H,3,8-11H2,1-2H3,(H,18,23)(H2,17,19,22). The molecule has 126 valence electrons. The quantitative estimate of drug-likeness (QED) is 0.616. The fourth-order valence-electron chi connectivity index (χ4n) is 2.66. The van der Waals surface area contributed by atoms with Crippen molar-refractivity contribution >= 4 is 17.1 Å².